The van der Waals surface area contributed by atoms with Crippen LogP contribution in [0, 0.1) is 0 Å². The third-order valence-electron chi connectivity index (χ3n) is 8.09. The third kappa shape index (κ3) is 11.6. The number of oxazole rings is 2. The van der Waals surface area contributed by atoms with Crippen molar-refractivity contribution >= 4 is 48.6 Å². The van der Waals surface area contributed by atoms with Crippen LogP contribution in [0.25, 0.3) is 49.5 Å². The molecule has 3 aromatic carbocycles. The quantitative estimate of drug-likeness (QED) is 0.0709. The summed E-state index contributed by atoms with van der Waals surface area (Å²) >= 11 is 0. The van der Waals surface area contributed by atoms with Crippen molar-refractivity contribution in [2.24, 2.45) is 0 Å². The summed E-state index contributed by atoms with van der Waals surface area (Å²) in [5.74, 6) is 1.79. The maximum Gasteiger partial charge on any atom is 2.00 e. The van der Waals surface area contributed by atoms with Gasteiger partial charge in [-0.05, 0) is 37.5 Å². The molecule has 1 aliphatic rings. The second kappa shape index (κ2) is 19.2. The Morgan fingerprint density at radius 3 is 1.73 bits per heavy atom. The van der Waals surface area contributed by atoms with Crippen LogP contribution < -0.4 is 0 Å². The molecule has 10 nitrogen and oxygen atoms in total. The Labute approximate surface area is 314 Å². The third-order valence-corrected chi connectivity index (χ3v) is 10.6. The van der Waals surface area contributed by atoms with E-state index < -0.39 is 20.0 Å². The number of aromatic nitrogens is 2. The summed E-state index contributed by atoms with van der Waals surface area (Å²) in [6.45, 7) is 4.19. The van der Waals surface area contributed by atoms with Gasteiger partial charge in [-0.15, -0.1) is 11.4 Å². The van der Waals surface area contributed by atoms with Gasteiger partial charge in [0.1, 0.15) is 17.0 Å². The maximum atomic E-state index is 12.3. The summed E-state index contributed by atoms with van der Waals surface area (Å²) in [4.78, 5) is 8.93. The number of hydrogen-bond donors (Lipinski definition) is 0. The predicted octanol–water partition coefficient (Wildman–Crippen LogP) is 10.6. The van der Waals surface area contributed by atoms with Gasteiger partial charge in [-0.2, -0.15) is 0 Å². The standard InChI is InChI=1S/C19H23N2O3S.C19H21N2O3S.Zn/c2*1-2-3-4-9-14-25(22,23)21-16-11-6-5-10-15(16)19-20-17-12-7-8-13-18(17)24-19;/h5-7,10-12H,2-4,8-9,13-14H2,1H3;5-8,10-13H,2-4,9,14H2,1H3;/q2*-1;+2. The number of benzene rings is 3. The number of aryl methyl sites for hydroxylation is 1. The van der Waals surface area contributed by atoms with E-state index in [1.165, 1.54) is 0 Å². The Morgan fingerprint density at radius 2 is 1.18 bits per heavy atom. The summed E-state index contributed by atoms with van der Waals surface area (Å²) in [5, 5.41) is 0. The second-order valence-corrected chi connectivity index (χ2v) is 15.7. The number of sulfonamides is 2. The van der Waals surface area contributed by atoms with Gasteiger partial charge in [-0.1, -0.05) is 119 Å². The van der Waals surface area contributed by atoms with Gasteiger partial charge in [-0.25, -0.2) is 26.8 Å². The summed E-state index contributed by atoms with van der Waals surface area (Å²) < 4.78 is 68.9. The van der Waals surface area contributed by atoms with Crippen LogP contribution in [0.3, 0.4) is 0 Å². The molecule has 1 aliphatic carbocycles. The molecule has 0 amide bonds. The van der Waals surface area contributed by atoms with Crippen molar-refractivity contribution < 1.29 is 45.1 Å². The molecule has 0 spiro atoms. The van der Waals surface area contributed by atoms with E-state index in [9.17, 15) is 16.8 Å². The zero-order valence-corrected chi connectivity index (χ0v) is 33.9. The molecule has 266 valence electrons. The minimum atomic E-state index is -3.52. The topological polar surface area (TPSA) is 149 Å². The molecular weight excluding hydrogens is 738 g/mol. The van der Waals surface area contributed by atoms with Crippen LogP contribution in [-0.4, -0.2) is 38.3 Å². The molecule has 0 radical (unpaired) electrons. The van der Waals surface area contributed by atoms with Crippen LogP contribution in [0.4, 0.5) is 11.4 Å². The molecule has 0 saturated carbocycles. The van der Waals surface area contributed by atoms with Crippen LogP contribution in [0.2, 0.25) is 0 Å². The fraction of sp³-hybridized carbons (Fsp3) is 0.368. The Hall–Kier alpha value is -3.80. The molecule has 51 heavy (non-hydrogen) atoms. The minimum absolute atomic E-state index is 0. The van der Waals surface area contributed by atoms with Crippen molar-refractivity contribution in [2.75, 3.05) is 11.5 Å². The Balaban J connectivity index is 0.000000224. The van der Waals surface area contributed by atoms with Crippen molar-refractivity contribution in [2.45, 2.75) is 78.1 Å². The summed E-state index contributed by atoms with van der Waals surface area (Å²) in [7, 11) is -7.03. The molecule has 0 atom stereocenters. The number of allylic oxidation sites excluding steroid dienone is 1. The van der Waals surface area contributed by atoms with Gasteiger partial charge in [0.25, 0.3) is 0 Å². The average molecular weight is 782 g/mol. The van der Waals surface area contributed by atoms with Crippen molar-refractivity contribution in [3.63, 3.8) is 0 Å². The fourth-order valence-electron chi connectivity index (χ4n) is 5.47. The van der Waals surface area contributed by atoms with Gasteiger partial charge < -0.3 is 18.3 Å². The van der Waals surface area contributed by atoms with Crippen molar-refractivity contribution in [3.8, 4) is 22.9 Å². The van der Waals surface area contributed by atoms with Crippen molar-refractivity contribution in [1.82, 2.24) is 9.97 Å². The first-order valence-corrected chi connectivity index (χ1v) is 20.5. The van der Waals surface area contributed by atoms with Crippen LogP contribution in [-0.2, 0) is 45.9 Å². The zero-order valence-electron chi connectivity index (χ0n) is 29.3. The number of rotatable bonds is 16. The Kier molecular flexibility index (Phi) is 15.0. The van der Waals surface area contributed by atoms with Crippen LogP contribution >= 0.6 is 0 Å². The molecule has 0 saturated heterocycles. The molecule has 2 aromatic heterocycles. The molecule has 13 heteroatoms. The van der Waals surface area contributed by atoms with Gasteiger partial charge in [0.2, 0.25) is 11.8 Å². The molecule has 2 heterocycles. The van der Waals surface area contributed by atoms with Gasteiger partial charge in [0, 0.05) is 29.1 Å². The van der Waals surface area contributed by atoms with E-state index in [4.69, 9.17) is 8.83 Å². The molecule has 0 aliphatic heterocycles. The van der Waals surface area contributed by atoms with E-state index in [-0.39, 0.29) is 31.0 Å². The molecule has 5 aromatic rings. The second-order valence-electron chi connectivity index (χ2n) is 12.2. The van der Waals surface area contributed by atoms with Gasteiger partial charge in [-0.3, -0.25) is 0 Å². The van der Waals surface area contributed by atoms with Gasteiger partial charge in [0.15, 0.2) is 5.58 Å². The normalized spacial score (nSPS) is 12.4. The van der Waals surface area contributed by atoms with Gasteiger partial charge >= 0.3 is 19.5 Å². The number of fused-ring (bicyclic) bond motifs is 2. The van der Waals surface area contributed by atoms with E-state index in [0.29, 0.717) is 52.7 Å². The molecular formula is C38H44N4O6S2Zn. The number of para-hydroxylation sites is 2. The Morgan fingerprint density at radius 1 is 0.647 bits per heavy atom. The zero-order chi connectivity index (χ0) is 35.4. The average Bonchev–Trinajstić information content (AvgIpc) is 3.74. The number of hydrogen-bond acceptors (Lipinski definition) is 8. The minimum Gasteiger partial charge on any atom is -0.576 e. The van der Waals surface area contributed by atoms with E-state index in [2.05, 4.69) is 39.3 Å². The molecule has 0 unspecified atom stereocenters. The first-order chi connectivity index (χ1) is 24.2. The van der Waals surface area contributed by atoms with Crippen molar-refractivity contribution in [3.05, 3.63) is 99.8 Å². The van der Waals surface area contributed by atoms with Crippen molar-refractivity contribution in [1.29, 1.82) is 0 Å². The fourth-order valence-corrected chi connectivity index (χ4v) is 7.70. The Bertz CT molecular complexity index is 2080. The van der Waals surface area contributed by atoms with E-state index in [1.807, 2.05) is 42.5 Å². The van der Waals surface area contributed by atoms with Crippen LogP contribution in [0.5, 0.6) is 0 Å². The first kappa shape index (κ1) is 40.0. The molecule has 0 bridgehead atoms. The largest absolute Gasteiger partial charge is 2.00 e. The summed E-state index contributed by atoms with van der Waals surface area (Å²) in [6, 6.07) is 21.6. The summed E-state index contributed by atoms with van der Waals surface area (Å²) in [5.41, 5.74) is 4.16. The van der Waals surface area contributed by atoms with E-state index >= 15 is 0 Å². The summed E-state index contributed by atoms with van der Waals surface area (Å²) in [6.07, 6.45) is 13.0. The molecule has 6 rings (SSSR count). The van der Waals surface area contributed by atoms with Crippen LogP contribution in [0.1, 0.15) is 83.1 Å². The van der Waals surface area contributed by atoms with E-state index in [1.54, 1.807) is 36.4 Å². The molecule has 0 fully saturated rings. The predicted molar refractivity (Wildman–Crippen MR) is 201 cm³/mol. The maximum absolute atomic E-state index is 12.3. The smallest absolute Gasteiger partial charge is 0.576 e. The SMILES string of the molecule is CCCCCCS(=O)(=O)[N-]c1ccccc1-c1nc2c(o1)CCC=C2.CCCCCCS(=O)(=O)[N-]c1ccccc1-c1nc2ccccc2o1.[Zn+2]. The number of nitrogens with zero attached hydrogens (tertiary/aromatic N) is 4. The van der Waals surface area contributed by atoms with Gasteiger partial charge in [0.05, 0.1) is 20.0 Å². The van der Waals surface area contributed by atoms with E-state index in [0.717, 1.165) is 68.3 Å². The first-order valence-electron chi connectivity index (χ1n) is 17.3. The monoisotopic (exact) mass is 780 g/mol. The van der Waals surface area contributed by atoms with Crippen LogP contribution in [0.15, 0.2) is 87.7 Å². The molecule has 0 N–H and O–H groups in total. The number of unbranched alkanes of at least 4 members (excludes halogenated alkanes) is 6.